The molecule has 0 saturated carbocycles. The lowest BCUT2D eigenvalue weighted by molar-refractivity contribution is 0.0953. The molecular formula is C14H15N3O2. The summed E-state index contributed by atoms with van der Waals surface area (Å²) in [5, 5.41) is 0. The molecule has 5 nitrogen and oxygen atoms in total. The zero-order valence-electron chi connectivity index (χ0n) is 10.6. The number of amides is 1. The number of benzene rings is 1. The first-order chi connectivity index (χ1) is 9.11. The number of nitrogen functional groups attached to an aromatic ring is 1. The van der Waals surface area contributed by atoms with Gasteiger partial charge in [0.2, 0.25) is 0 Å². The third-order valence-electron chi connectivity index (χ3n) is 2.93. The van der Waals surface area contributed by atoms with Gasteiger partial charge in [-0.25, -0.2) is 5.84 Å². The van der Waals surface area contributed by atoms with E-state index in [4.69, 9.17) is 5.84 Å². The van der Waals surface area contributed by atoms with Crippen LogP contribution in [-0.4, -0.2) is 10.5 Å². The summed E-state index contributed by atoms with van der Waals surface area (Å²) in [6, 6.07) is 12.1. The summed E-state index contributed by atoms with van der Waals surface area (Å²) in [6.07, 6.45) is 0. The van der Waals surface area contributed by atoms with Gasteiger partial charge in [0.1, 0.15) is 0 Å². The molecule has 0 unspecified atom stereocenters. The second-order valence-corrected chi connectivity index (χ2v) is 4.27. The van der Waals surface area contributed by atoms with Crippen LogP contribution in [0.4, 0.5) is 0 Å². The Morgan fingerprint density at radius 1 is 1.26 bits per heavy atom. The molecule has 0 radical (unpaired) electrons. The number of aryl methyl sites for hydroxylation is 1. The topological polar surface area (TPSA) is 77.1 Å². The van der Waals surface area contributed by atoms with Crippen LogP contribution in [0.3, 0.4) is 0 Å². The molecule has 5 heteroatoms. The minimum Gasteiger partial charge on any atom is -0.309 e. The number of rotatable bonds is 3. The van der Waals surface area contributed by atoms with Gasteiger partial charge in [-0.15, -0.1) is 0 Å². The molecule has 0 saturated heterocycles. The van der Waals surface area contributed by atoms with Crippen LogP contribution in [0.5, 0.6) is 0 Å². The van der Waals surface area contributed by atoms with E-state index < -0.39 is 0 Å². The molecule has 0 fully saturated rings. The lowest BCUT2D eigenvalue weighted by Gasteiger charge is -2.10. The SMILES string of the molecule is Cc1cccc(=O)n1Cc1cccc(C(=O)NN)c1. The monoisotopic (exact) mass is 257 g/mol. The minimum atomic E-state index is -0.348. The number of carbonyl (C=O) groups is 1. The van der Waals surface area contributed by atoms with Gasteiger partial charge in [0.15, 0.2) is 0 Å². The normalized spacial score (nSPS) is 10.2. The van der Waals surface area contributed by atoms with Crippen LogP contribution in [0.15, 0.2) is 47.3 Å². The number of nitrogens with two attached hydrogens (primary N) is 1. The second-order valence-electron chi connectivity index (χ2n) is 4.27. The summed E-state index contributed by atoms with van der Waals surface area (Å²) in [7, 11) is 0. The largest absolute Gasteiger partial charge is 0.309 e. The molecule has 0 bridgehead atoms. The lowest BCUT2D eigenvalue weighted by atomic mass is 10.1. The van der Waals surface area contributed by atoms with Crippen LogP contribution in [0.1, 0.15) is 21.6 Å². The fourth-order valence-electron chi connectivity index (χ4n) is 1.90. The van der Waals surface area contributed by atoms with E-state index in [9.17, 15) is 9.59 Å². The van der Waals surface area contributed by atoms with E-state index in [2.05, 4.69) is 5.43 Å². The average Bonchev–Trinajstić information content (AvgIpc) is 2.42. The fourth-order valence-corrected chi connectivity index (χ4v) is 1.90. The molecule has 0 atom stereocenters. The molecule has 98 valence electrons. The maximum Gasteiger partial charge on any atom is 0.265 e. The number of nitrogens with zero attached hydrogens (tertiary/aromatic N) is 1. The first kappa shape index (κ1) is 13.0. The molecule has 1 aromatic carbocycles. The zero-order valence-corrected chi connectivity index (χ0v) is 10.6. The summed E-state index contributed by atoms with van der Waals surface area (Å²) in [5.41, 5.74) is 4.25. The highest BCUT2D eigenvalue weighted by atomic mass is 16.2. The number of carbonyl (C=O) groups excluding carboxylic acids is 1. The Morgan fingerprint density at radius 2 is 2.00 bits per heavy atom. The van der Waals surface area contributed by atoms with E-state index in [0.29, 0.717) is 12.1 Å². The van der Waals surface area contributed by atoms with Crippen molar-refractivity contribution >= 4 is 5.91 Å². The Morgan fingerprint density at radius 3 is 2.68 bits per heavy atom. The van der Waals surface area contributed by atoms with Crippen molar-refractivity contribution in [1.29, 1.82) is 0 Å². The van der Waals surface area contributed by atoms with E-state index in [0.717, 1.165) is 11.3 Å². The molecular weight excluding hydrogens is 242 g/mol. The van der Waals surface area contributed by atoms with Crippen molar-refractivity contribution in [2.24, 2.45) is 5.84 Å². The summed E-state index contributed by atoms with van der Waals surface area (Å²) < 4.78 is 1.65. The van der Waals surface area contributed by atoms with Crippen molar-refractivity contribution in [3.8, 4) is 0 Å². The maximum absolute atomic E-state index is 11.8. The van der Waals surface area contributed by atoms with Gasteiger partial charge in [-0.05, 0) is 30.7 Å². The number of hydrogen-bond acceptors (Lipinski definition) is 3. The quantitative estimate of drug-likeness (QED) is 0.485. The van der Waals surface area contributed by atoms with Crippen LogP contribution in [0.2, 0.25) is 0 Å². The fraction of sp³-hybridized carbons (Fsp3) is 0.143. The summed E-state index contributed by atoms with van der Waals surface area (Å²) in [6.45, 7) is 2.30. The highest BCUT2D eigenvalue weighted by Crippen LogP contribution is 2.07. The third-order valence-corrected chi connectivity index (χ3v) is 2.93. The molecule has 1 amide bonds. The van der Waals surface area contributed by atoms with E-state index in [1.807, 2.05) is 19.1 Å². The van der Waals surface area contributed by atoms with Gasteiger partial charge < -0.3 is 4.57 Å². The Labute approximate surface area is 110 Å². The van der Waals surface area contributed by atoms with Crippen molar-refractivity contribution < 1.29 is 4.79 Å². The number of nitrogens with one attached hydrogen (secondary N) is 1. The number of pyridine rings is 1. The predicted octanol–water partition coefficient (Wildman–Crippen LogP) is 0.809. The summed E-state index contributed by atoms with van der Waals surface area (Å²) >= 11 is 0. The molecule has 2 aromatic rings. The van der Waals surface area contributed by atoms with Gasteiger partial charge in [-0.2, -0.15) is 0 Å². The average molecular weight is 257 g/mol. The molecule has 2 rings (SSSR count). The highest BCUT2D eigenvalue weighted by Gasteiger charge is 2.05. The van der Waals surface area contributed by atoms with Crippen LogP contribution in [0, 0.1) is 6.92 Å². The van der Waals surface area contributed by atoms with Gasteiger partial charge in [0.05, 0.1) is 6.54 Å². The molecule has 1 aromatic heterocycles. The van der Waals surface area contributed by atoms with Gasteiger partial charge in [0, 0.05) is 17.3 Å². The van der Waals surface area contributed by atoms with Gasteiger partial charge in [-0.3, -0.25) is 15.0 Å². The molecule has 19 heavy (non-hydrogen) atoms. The minimum absolute atomic E-state index is 0.0614. The standard InChI is InChI=1S/C14H15N3O2/c1-10-4-2-7-13(18)17(10)9-11-5-3-6-12(8-11)14(19)16-15/h2-8H,9,15H2,1H3,(H,16,19). The number of hydrogen-bond donors (Lipinski definition) is 2. The smallest absolute Gasteiger partial charge is 0.265 e. The van der Waals surface area contributed by atoms with Crippen molar-refractivity contribution in [2.75, 3.05) is 0 Å². The first-order valence-electron chi connectivity index (χ1n) is 5.88. The molecule has 0 spiro atoms. The van der Waals surface area contributed by atoms with Gasteiger partial charge in [-0.1, -0.05) is 18.2 Å². The summed E-state index contributed by atoms with van der Waals surface area (Å²) in [5.74, 6) is 4.75. The summed E-state index contributed by atoms with van der Waals surface area (Å²) in [4.78, 5) is 23.2. The Bertz CT molecular complexity index is 662. The Balaban J connectivity index is 2.34. The van der Waals surface area contributed by atoms with Gasteiger partial charge in [0.25, 0.3) is 11.5 Å². The van der Waals surface area contributed by atoms with E-state index >= 15 is 0 Å². The Hall–Kier alpha value is -2.40. The van der Waals surface area contributed by atoms with Crippen LogP contribution >= 0.6 is 0 Å². The van der Waals surface area contributed by atoms with E-state index in [-0.39, 0.29) is 11.5 Å². The van der Waals surface area contributed by atoms with Crippen LogP contribution in [0.25, 0.3) is 0 Å². The number of hydrazine groups is 1. The molecule has 0 aliphatic carbocycles. The van der Waals surface area contributed by atoms with Crippen molar-refractivity contribution in [3.05, 3.63) is 69.6 Å². The Kier molecular flexibility index (Phi) is 3.77. The molecule has 1 heterocycles. The maximum atomic E-state index is 11.8. The second kappa shape index (κ2) is 5.49. The molecule has 3 N–H and O–H groups in total. The van der Waals surface area contributed by atoms with Crippen LogP contribution < -0.4 is 16.8 Å². The van der Waals surface area contributed by atoms with E-state index in [1.54, 1.807) is 28.8 Å². The zero-order chi connectivity index (χ0) is 13.8. The molecule has 0 aliphatic heterocycles. The van der Waals surface area contributed by atoms with Crippen molar-refractivity contribution in [2.45, 2.75) is 13.5 Å². The number of aromatic nitrogens is 1. The van der Waals surface area contributed by atoms with Crippen molar-refractivity contribution in [1.82, 2.24) is 9.99 Å². The third kappa shape index (κ3) is 2.89. The van der Waals surface area contributed by atoms with Gasteiger partial charge >= 0.3 is 0 Å². The first-order valence-corrected chi connectivity index (χ1v) is 5.88. The van der Waals surface area contributed by atoms with E-state index in [1.165, 1.54) is 6.07 Å². The molecule has 0 aliphatic rings. The van der Waals surface area contributed by atoms with Crippen molar-refractivity contribution in [3.63, 3.8) is 0 Å². The predicted molar refractivity (Wildman–Crippen MR) is 72.6 cm³/mol. The lowest BCUT2D eigenvalue weighted by Crippen LogP contribution is -2.30. The highest BCUT2D eigenvalue weighted by molar-refractivity contribution is 5.93. The van der Waals surface area contributed by atoms with Crippen LogP contribution in [-0.2, 0) is 6.54 Å².